The highest BCUT2D eigenvalue weighted by Crippen LogP contribution is 2.44. The van der Waals surface area contributed by atoms with Crippen LogP contribution in [0.4, 0.5) is 0 Å². The second-order valence-electron chi connectivity index (χ2n) is 16.4. The lowest BCUT2D eigenvalue weighted by Crippen LogP contribution is -2.47. The maximum absolute atomic E-state index is 13.2. The zero-order valence-corrected chi connectivity index (χ0v) is 37.9. The Morgan fingerprint density at radius 3 is 1.49 bits per heavy atom. The molecule has 59 heavy (non-hydrogen) atoms. The highest BCUT2D eigenvalue weighted by atomic mass is 31.2. The summed E-state index contributed by atoms with van der Waals surface area (Å²) in [5, 5.41) is 57.0. The van der Waals surface area contributed by atoms with E-state index in [2.05, 4.69) is 24.4 Å². The molecule has 0 aliphatic heterocycles. The van der Waals surface area contributed by atoms with E-state index in [-0.39, 0.29) is 18.1 Å². The van der Waals surface area contributed by atoms with Crippen molar-refractivity contribution in [2.75, 3.05) is 26.4 Å². The summed E-state index contributed by atoms with van der Waals surface area (Å²) in [5.74, 6) is -0.196. The number of aliphatic hydroxyl groups excluding tert-OH is 6. The van der Waals surface area contributed by atoms with Crippen LogP contribution in [0.1, 0.15) is 200 Å². The van der Waals surface area contributed by atoms with Gasteiger partial charge in [-0.05, 0) is 38.2 Å². The molecule has 0 aliphatic carbocycles. The van der Waals surface area contributed by atoms with Crippen LogP contribution in [0.25, 0.3) is 0 Å². The lowest BCUT2D eigenvalue weighted by atomic mass is 9.90. The topological polar surface area (TPSA) is 221 Å². The van der Waals surface area contributed by atoms with Gasteiger partial charge in [-0.3, -0.25) is 18.6 Å². The quantitative estimate of drug-likeness (QED) is 0.0132. The fourth-order valence-electron chi connectivity index (χ4n) is 7.01. The summed E-state index contributed by atoms with van der Waals surface area (Å²) in [6.07, 6.45) is 27.8. The molecule has 0 amide bonds. The van der Waals surface area contributed by atoms with Crippen LogP contribution in [0.15, 0.2) is 12.2 Å². The number of phosphoric ester groups is 1. The molecule has 0 fully saturated rings. The first-order valence-corrected chi connectivity index (χ1v) is 24.9. The van der Waals surface area contributed by atoms with Gasteiger partial charge in [0.15, 0.2) is 5.78 Å². The smallest absolute Gasteiger partial charge is 0.463 e. The predicted octanol–water partition coefficient (Wildman–Crippen LogP) is 8.55. The lowest BCUT2D eigenvalue weighted by molar-refractivity contribution is -0.147. The molecule has 0 saturated heterocycles. The molecule has 0 bridgehead atoms. The highest BCUT2D eigenvalue weighted by Gasteiger charge is 2.34. The Morgan fingerprint density at radius 2 is 1.02 bits per heavy atom. The SMILES string of the molecule is CCCCCCCCCCCCCCCC=CC(=O)C(CCCCCCCC)CCCCCCCCC(=O)OC[C@H](CO)OP(=O)(O)OC[C@@H](O)[C@@H](O)[C@H](O)[C@H](O)CO. The number of ketones is 1. The van der Waals surface area contributed by atoms with E-state index in [1.165, 1.54) is 109 Å². The fourth-order valence-corrected chi connectivity index (χ4v) is 7.91. The fraction of sp³-hybridized carbons (Fsp3) is 0.911. The summed E-state index contributed by atoms with van der Waals surface area (Å²) in [6, 6.07) is 0. The van der Waals surface area contributed by atoms with Gasteiger partial charge < -0.3 is 40.3 Å². The average Bonchev–Trinajstić information content (AvgIpc) is 3.23. The number of phosphoric acid groups is 1. The molecule has 350 valence electrons. The van der Waals surface area contributed by atoms with Crippen LogP contribution in [0.2, 0.25) is 0 Å². The Bertz CT molecular complexity index is 1060. The Morgan fingerprint density at radius 1 is 0.576 bits per heavy atom. The number of ether oxygens (including phenoxy) is 1. The number of hydrogen-bond acceptors (Lipinski definition) is 12. The molecule has 0 aliphatic rings. The molecule has 2 unspecified atom stereocenters. The van der Waals surface area contributed by atoms with Gasteiger partial charge in [0, 0.05) is 12.3 Å². The minimum Gasteiger partial charge on any atom is -0.463 e. The molecule has 0 aromatic heterocycles. The van der Waals surface area contributed by atoms with Crippen LogP contribution < -0.4 is 0 Å². The van der Waals surface area contributed by atoms with E-state index in [9.17, 15) is 44.6 Å². The summed E-state index contributed by atoms with van der Waals surface area (Å²) < 4.78 is 26.7. The molecule has 0 aromatic carbocycles. The van der Waals surface area contributed by atoms with Gasteiger partial charge >= 0.3 is 13.8 Å². The van der Waals surface area contributed by atoms with Crippen molar-refractivity contribution in [1.82, 2.24) is 0 Å². The Balaban J connectivity index is 4.36. The molecule has 13 nitrogen and oxygen atoms in total. The summed E-state index contributed by atoms with van der Waals surface area (Å²) in [7, 11) is -4.90. The van der Waals surface area contributed by atoms with Gasteiger partial charge in [-0.2, -0.15) is 0 Å². The number of carbonyl (C=O) groups excluding carboxylic acids is 2. The number of carbonyl (C=O) groups is 2. The van der Waals surface area contributed by atoms with E-state index in [1.54, 1.807) is 0 Å². The number of aliphatic hydroxyl groups is 6. The van der Waals surface area contributed by atoms with Crippen molar-refractivity contribution in [2.45, 2.75) is 231 Å². The maximum atomic E-state index is 13.2. The molecule has 0 spiro atoms. The van der Waals surface area contributed by atoms with Crippen LogP contribution in [-0.4, -0.2) is 104 Å². The average molecular weight is 867 g/mol. The molecule has 7 N–H and O–H groups in total. The monoisotopic (exact) mass is 867 g/mol. The van der Waals surface area contributed by atoms with E-state index in [0.29, 0.717) is 6.42 Å². The number of unbranched alkanes of at least 4 members (excludes halogenated alkanes) is 23. The first-order valence-electron chi connectivity index (χ1n) is 23.4. The zero-order valence-electron chi connectivity index (χ0n) is 37.0. The summed E-state index contributed by atoms with van der Waals surface area (Å²) in [6.45, 7) is 1.29. The van der Waals surface area contributed by atoms with Gasteiger partial charge in [-0.15, -0.1) is 0 Å². The lowest BCUT2D eigenvalue weighted by Gasteiger charge is -2.26. The minimum absolute atomic E-state index is 0.0859. The third-order valence-corrected chi connectivity index (χ3v) is 11.9. The number of esters is 1. The summed E-state index contributed by atoms with van der Waals surface area (Å²) >= 11 is 0. The van der Waals surface area contributed by atoms with Crippen LogP contribution in [0, 0.1) is 5.92 Å². The van der Waals surface area contributed by atoms with Gasteiger partial charge in [-0.1, -0.05) is 168 Å². The van der Waals surface area contributed by atoms with Gasteiger partial charge in [-0.25, -0.2) is 4.57 Å². The molecule has 14 heteroatoms. The van der Waals surface area contributed by atoms with Crippen LogP contribution >= 0.6 is 7.82 Å². The van der Waals surface area contributed by atoms with Gasteiger partial charge in [0.05, 0.1) is 19.8 Å². The number of hydrogen-bond donors (Lipinski definition) is 7. The Hall–Kier alpha value is -1.25. The molecule has 0 rings (SSSR count). The Labute approximate surface area is 357 Å². The van der Waals surface area contributed by atoms with Gasteiger partial charge in [0.2, 0.25) is 0 Å². The van der Waals surface area contributed by atoms with Crippen molar-refractivity contribution in [1.29, 1.82) is 0 Å². The van der Waals surface area contributed by atoms with Crippen molar-refractivity contribution in [3.8, 4) is 0 Å². The van der Waals surface area contributed by atoms with Crippen LogP contribution in [0.3, 0.4) is 0 Å². The highest BCUT2D eigenvalue weighted by molar-refractivity contribution is 7.47. The number of rotatable bonds is 44. The molecule has 0 saturated carbocycles. The second kappa shape index (κ2) is 39.6. The largest absolute Gasteiger partial charge is 0.472 e. The van der Waals surface area contributed by atoms with Crippen LogP contribution in [0.5, 0.6) is 0 Å². The van der Waals surface area contributed by atoms with E-state index in [1.807, 2.05) is 6.08 Å². The van der Waals surface area contributed by atoms with Crippen molar-refractivity contribution in [3.63, 3.8) is 0 Å². The van der Waals surface area contributed by atoms with E-state index >= 15 is 0 Å². The zero-order chi connectivity index (χ0) is 44.0. The van der Waals surface area contributed by atoms with Gasteiger partial charge in [0.1, 0.15) is 37.1 Å². The molecular formula is C45H87O13P. The maximum Gasteiger partial charge on any atom is 0.472 e. The van der Waals surface area contributed by atoms with Crippen molar-refractivity contribution in [2.24, 2.45) is 5.92 Å². The summed E-state index contributed by atoms with van der Waals surface area (Å²) in [5.41, 5.74) is 0. The Kier molecular flexibility index (Phi) is 38.7. The van der Waals surface area contributed by atoms with E-state index in [4.69, 9.17) is 14.4 Å². The van der Waals surface area contributed by atoms with E-state index in [0.717, 1.165) is 64.2 Å². The van der Waals surface area contributed by atoms with Crippen molar-refractivity contribution < 1.29 is 63.5 Å². The second-order valence-corrected chi connectivity index (χ2v) is 17.8. The van der Waals surface area contributed by atoms with Crippen LogP contribution in [-0.2, 0) is 27.9 Å². The van der Waals surface area contributed by atoms with E-state index < -0.39 is 70.7 Å². The first kappa shape index (κ1) is 57.8. The molecule has 0 aromatic rings. The standard InChI is InChI=1S/C45H87O13P/c1-3-5-7-9-11-12-13-14-15-16-17-18-19-24-28-32-40(48)38(30-26-22-10-8-6-4-2)31-27-23-20-21-25-29-33-43(51)56-36-39(34-46)58-59(54,55)57-37-42(50)45(53)44(52)41(49)35-47/h28,32,38-39,41-42,44-47,49-50,52-53H,3-27,29-31,33-37H2,1-2H3,(H,54,55)/t38?,39-,41+,42+,44+,45+/m0/s1. The number of allylic oxidation sites excluding steroid dienone is 2. The summed E-state index contributed by atoms with van der Waals surface area (Å²) in [4.78, 5) is 35.3. The molecule has 0 radical (unpaired) electrons. The first-order chi connectivity index (χ1) is 28.4. The predicted molar refractivity (Wildman–Crippen MR) is 233 cm³/mol. The molecular weight excluding hydrogens is 779 g/mol. The van der Waals surface area contributed by atoms with Crippen molar-refractivity contribution >= 4 is 19.6 Å². The normalized spacial score (nSPS) is 16.1. The third-order valence-electron chi connectivity index (χ3n) is 10.9. The van der Waals surface area contributed by atoms with Crippen molar-refractivity contribution in [3.05, 3.63) is 12.2 Å². The molecule has 0 heterocycles. The molecule has 7 atom stereocenters. The minimum atomic E-state index is -4.90. The third kappa shape index (κ3) is 34.0. The van der Waals surface area contributed by atoms with Gasteiger partial charge in [0.25, 0.3) is 0 Å².